The van der Waals surface area contributed by atoms with Crippen molar-refractivity contribution in [3.63, 3.8) is 0 Å². The Morgan fingerprint density at radius 3 is 2.50 bits per heavy atom. The molecule has 0 aliphatic carbocycles. The van der Waals surface area contributed by atoms with Gasteiger partial charge < -0.3 is 10.0 Å². The SMILES string of the molecule is CN(C)c1ccc(/C=C/C(=O)c2cc[c]cc2O)cc1. The Morgan fingerprint density at radius 2 is 1.90 bits per heavy atom. The maximum absolute atomic E-state index is 11.9. The first-order valence-corrected chi connectivity index (χ1v) is 6.27. The van der Waals surface area contributed by atoms with Crippen LogP contribution in [-0.2, 0) is 0 Å². The summed E-state index contributed by atoms with van der Waals surface area (Å²) in [6.07, 6.45) is 3.19. The molecule has 0 atom stereocenters. The summed E-state index contributed by atoms with van der Waals surface area (Å²) in [6.45, 7) is 0. The molecule has 101 valence electrons. The van der Waals surface area contributed by atoms with E-state index in [4.69, 9.17) is 0 Å². The molecule has 0 saturated heterocycles. The number of rotatable bonds is 4. The van der Waals surface area contributed by atoms with Gasteiger partial charge in [-0.05, 0) is 42.0 Å². The normalized spacial score (nSPS) is 10.7. The van der Waals surface area contributed by atoms with E-state index in [0.29, 0.717) is 0 Å². The van der Waals surface area contributed by atoms with Crippen LogP contribution in [0.15, 0.2) is 48.5 Å². The van der Waals surface area contributed by atoms with Gasteiger partial charge in [-0.25, -0.2) is 0 Å². The summed E-state index contributed by atoms with van der Waals surface area (Å²) in [5.41, 5.74) is 2.32. The van der Waals surface area contributed by atoms with Gasteiger partial charge in [-0.3, -0.25) is 4.79 Å². The molecule has 0 amide bonds. The van der Waals surface area contributed by atoms with E-state index >= 15 is 0 Å². The minimum atomic E-state index is -0.229. The van der Waals surface area contributed by atoms with E-state index < -0.39 is 0 Å². The number of carbonyl (C=O) groups is 1. The van der Waals surface area contributed by atoms with E-state index in [1.54, 1.807) is 18.2 Å². The molecule has 0 bridgehead atoms. The van der Waals surface area contributed by atoms with Crippen molar-refractivity contribution in [3.05, 3.63) is 65.7 Å². The monoisotopic (exact) mass is 266 g/mol. The molecule has 1 N–H and O–H groups in total. The Balaban J connectivity index is 2.13. The molecule has 3 nitrogen and oxygen atoms in total. The van der Waals surface area contributed by atoms with Crippen molar-refractivity contribution >= 4 is 17.5 Å². The van der Waals surface area contributed by atoms with Gasteiger partial charge in [-0.15, -0.1) is 0 Å². The average molecular weight is 266 g/mol. The summed E-state index contributed by atoms with van der Waals surface area (Å²) in [5, 5.41) is 9.58. The molecule has 2 aromatic rings. The molecule has 0 aliphatic rings. The van der Waals surface area contributed by atoms with Gasteiger partial charge in [0, 0.05) is 19.8 Å². The number of allylic oxidation sites excluding steroid dienone is 1. The fraction of sp³-hybridized carbons (Fsp3) is 0.118. The molecular weight excluding hydrogens is 250 g/mol. The molecule has 0 fully saturated rings. The fourth-order valence-electron chi connectivity index (χ4n) is 1.78. The molecule has 3 heteroatoms. The van der Waals surface area contributed by atoms with E-state index in [2.05, 4.69) is 6.07 Å². The molecule has 0 saturated carbocycles. The lowest BCUT2D eigenvalue weighted by molar-refractivity contribution is 0.104. The number of hydrogen-bond acceptors (Lipinski definition) is 3. The molecule has 0 heterocycles. The summed E-state index contributed by atoms with van der Waals surface area (Å²) < 4.78 is 0. The van der Waals surface area contributed by atoms with E-state index in [9.17, 15) is 9.90 Å². The molecule has 0 unspecified atom stereocenters. The third kappa shape index (κ3) is 3.26. The van der Waals surface area contributed by atoms with Crippen molar-refractivity contribution in [1.82, 2.24) is 0 Å². The highest BCUT2D eigenvalue weighted by molar-refractivity contribution is 6.08. The number of ketones is 1. The van der Waals surface area contributed by atoms with Crippen LogP contribution in [0, 0.1) is 6.07 Å². The smallest absolute Gasteiger partial charge is 0.189 e. The predicted octanol–water partition coefficient (Wildman–Crippen LogP) is 3.15. The number of benzene rings is 2. The van der Waals surface area contributed by atoms with Crippen LogP contribution in [0.25, 0.3) is 6.08 Å². The Kier molecular flexibility index (Phi) is 4.20. The number of anilines is 1. The van der Waals surface area contributed by atoms with Gasteiger partial charge >= 0.3 is 0 Å². The lowest BCUT2D eigenvalue weighted by Gasteiger charge is -2.11. The quantitative estimate of drug-likeness (QED) is 0.682. The van der Waals surface area contributed by atoms with Crippen molar-refractivity contribution in [2.75, 3.05) is 19.0 Å². The van der Waals surface area contributed by atoms with Crippen LogP contribution in [0.3, 0.4) is 0 Å². The minimum absolute atomic E-state index is 0.0508. The number of aromatic hydroxyl groups is 1. The predicted molar refractivity (Wildman–Crippen MR) is 81.1 cm³/mol. The van der Waals surface area contributed by atoms with Crippen molar-refractivity contribution < 1.29 is 9.90 Å². The average Bonchev–Trinajstić information content (AvgIpc) is 2.45. The van der Waals surface area contributed by atoms with Crippen LogP contribution in [0.4, 0.5) is 5.69 Å². The zero-order chi connectivity index (χ0) is 14.5. The van der Waals surface area contributed by atoms with Crippen molar-refractivity contribution in [2.24, 2.45) is 0 Å². The Bertz CT molecular complexity index is 628. The van der Waals surface area contributed by atoms with E-state index in [0.717, 1.165) is 11.3 Å². The number of hydrogen-bond donors (Lipinski definition) is 1. The summed E-state index contributed by atoms with van der Waals surface area (Å²) in [7, 11) is 3.95. The largest absolute Gasteiger partial charge is 0.507 e. The highest BCUT2D eigenvalue weighted by Gasteiger charge is 2.06. The Hall–Kier alpha value is -2.55. The second kappa shape index (κ2) is 6.06. The van der Waals surface area contributed by atoms with Gasteiger partial charge in [0.1, 0.15) is 5.75 Å². The second-order valence-electron chi connectivity index (χ2n) is 4.63. The molecule has 1 radical (unpaired) electrons. The van der Waals surface area contributed by atoms with Gasteiger partial charge in [0.2, 0.25) is 0 Å². The Morgan fingerprint density at radius 1 is 1.20 bits per heavy atom. The van der Waals surface area contributed by atoms with Crippen molar-refractivity contribution in [1.29, 1.82) is 0 Å². The molecule has 0 aromatic heterocycles. The van der Waals surface area contributed by atoms with Crippen molar-refractivity contribution in [2.45, 2.75) is 0 Å². The lowest BCUT2D eigenvalue weighted by Crippen LogP contribution is -2.07. The van der Waals surface area contributed by atoms with Crippen LogP contribution in [0.5, 0.6) is 5.75 Å². The maximum Gasteiger partial charge on any atom is 0.189 e. The number of carbonyl (C=O) groups excluding carboxylic acids is 1. The van der Waals surface area contributed by atoms with Gasteiger partial charge in [0.15, 0.2) is 5.78 Å². The zero-order valence-corrected chi connectivity index (χ0v) is 11.5. The third-order valence-electron chi connectivity index (χ3n) is 2.94. The summed E-state index contributed by atoms with van der Waals surface area (Å²) in [5.74, 6) is -0.279. The third-order valence-corrected chi connectivity index (χ3v) is 2.94. The Labute approximate surface area is 118 Å². The molecular formula is C17H16NO2. The van der Waals surface area contributed by atoms with Crippen LogP contribution in [0.2, 0.25) is 0 Å². The zero-order valence-electron chi connectivity index (χ0n) is 11.5. The first-order valence-electron chi connectivity index (χ1n) is 6.27. The number of phenolic OH excluding ortho intramolecular Hbond substituents is 1. The second-order valence-corrected chi connectivity index (χ2v) is 4.63. The lowest BCUT2D eigenvalue weighted by atomic mass is 10.1. The van der Waals surface area contributed by atoms with Gasteiger partial charge in [0.25, 0.3) is 0 Å². The summed E-state index contributed by atoms with van der Waals surface area (Å²) >= 11 is 0. The van der Waals surface area contributed by atoms with Gasteiger partial charge in [-0.1, -0.05) is 24.3 Å². The number of phenols is 1. The fourth-order valence-corrected chi connectivity index (χ4v) is 1.78. The van der Waals surface area contributed by atoms with Crippen LogP contribution < -0.4 is 4.90 Å². The van der Waals surface area contributed by atoms with E-state index in [-0.39, 0.29) is 17.1 Å². The first kappa shape index (κ1) is 13.9. The summed E-state index contributed by atoms with van der Waals surface area (Å²) in [6, 6.07) is 15.1. The molecule has 0 spiro atoms. The molecule has 20 heavy (non-hydrogen) atoms. The standard InChI is InChI=1S/C17H16NO2/c1-18(2)14-10-7-13(8-11-14)9-12-17(20)15-5-3-4-6-16(15)19/h3,5-12,19H,1-2H3/b12-9+. The topological polar surface area (TPSA) is 40.5 Å². The molecule has 2 rings (SSSR count). The van der Waals surface area contributed by atoms with Crippen LogP contribution >= 0.6 is 0 Å². The highest BCUT2D eigenvalue weighted by Crippen LogP contribution is 2.17. The van der Waals surface area contributed by atoms with Crippen LogP contribution in [0.1, 0.15) is 15.9 Å². The molecule has 2 aromatic carbocycles. The highest BCUT2D eigenvalue weighted by atomic mass is 16.3. The summed E-state index contributed by atoms with van der Waals surface area (Å²) in [4.78, 5) is 14.0. The first-order chi connectivity index (χ1) is 9.58. The maximum atomic E-state index is 11.9. The van der Waals surface area contributed by atoms with Gasteiger partial charge in [-0.2, -0.15) is 0 Å². The van der Waals surface area contributed by atoms with Gasteiger partial charge in [0.05, 0.1) is 5.56 Å². The number of nitrogens with zero attached hydrogens (tertiary/aromatic N) is 1. The minimum Gasteiger partial charge on any atom is -0.507 e. The van der Waals surface area contributed by atoms with E-state index in [1.807, 2.05) is 43.3 Å². The van der Waals surface area contributed by atoms with Crippen LogP contribution in [-0.4, -0.2) is 25.0 Å². The molecule has 0 aliphatic heterocycles. The van der Waals surface area contributed by atoms with Crippen molar-refractivity contribution in [3.8, 4) is 5.75 Å². The van der Waals surface area contributed by atoms with E-state index in [1.165, 1.54) is 12.1 Å².